The van der Waals surface area contributed by atoms with Crippen LogP contribution in [0.15, 0.2) is 6.07 Å². The van der Waals surface area contributed by atoms with Crippen molar-refractivity contribution in [2.24, 2.45) is 0 Å². The molecular weight excluding hydrogens is 554 g/mol. The number of esters is 1. The van der Waals surface area contributed by atoms with Gasteiger partial charge in [-0.15, -0.1) is 0 Å². The first kappa shape index (κ1) is 29.4. The molecule has 11 heteroatoms. The van der Waals surface area contributed by atoms with E-state index < -0.39 is 12.1 Å². The average molecular weight is 594 g/mol. The fourth-order valence-corrected chi connectivity index (χ4v) is 7.69. The lowest BCUT2D eigenvalue weighted by atomic mass is 9.71. The first-order valence-corrected chi connectivity index (χ1v) is 14.8. The van der Waals surface area contributed by atoms with Gasteiger partial charge in [0.15, 0.2) is 29.8 Å². The van der Waals surface area contributed by atoms with Gasteiger partial charge in [-0.05, 0) is 51.3 Å². The third-order valence-electron chi connectivity index (χ3n) is 9.45. The maximum Gasteiger partial charge on any atom is 0.305 e. The molecule has 43 heavy (non-hydrogen) atoms. The Labute approximate surface area is 251 Å². The molecule has 2 aromatic carbocycles. The van der Waals surface area contributed by atoms with Crippen LogP contribution in [0.1, 0.15) is 65.2 Å². The summed E-state index contributed by atoms with van der Waals surface area (Å²) in [6.07, 6.45) is 2.00. The molecule has 1 saturated heterocycles. The number of piperazine rings is 1. The number of phenols is 1. The molecule has 0 aromatic heterocycles. The fraction of sp³-hybridized carbons (Fsp3) is 0.562. The maximum atomic E-state index is 12.7. The van der Waals surface area contributed by atoms with Crippen LogP contribution in [0.2, 0.25) is 0 Å². The van der Waals surface area contributed by atoms with Crippen molar-refractivity contribution in [1.82, 2.24) is 9.80 Å². The van der Waals surface area contributed by atoms with E-state index in [0.717, 1.165) is 22.3 Å². The number of fused-ring (bicyclic) bond motifs is 9. The number of hydrogen-bond acceptors (Lipinski definition) is 11. The summed E-state index contributed by atoms with van der Waals surface area (Å²) in [6, 6.07) is 3.00. The summed E-state index contributed by atoms with van der Waals surface area (Å²) in [5, 5.41) is 22.3. The summed E-state index contributed by atoms with van der Waals surface area (Å²) < 4.78 is 35.0. The number of aryl methyl sites for hydroxylation is 1. The zero-order valence-electron chi connectivity index (χ0n) is 25.6. The minimum atomic E-state index is -0.544. The van der Waals surface area contributed by atoms with Crippen molar-refractivity contribution < 1.29 is 38.3 Å². The van der Waals surface area contributed by atoms with Crippen LogP contribution in [0, 0.1) is 25.2 Å². The smallest absolute Gasteiger partial charge is 0.305 e. The molecule has 5 atom stereocenters. The van der Waals surface area contributed by atoms with Crippen molar-refractivity contribution in [3.63, 3.8) is 0 Å². The number of aromatic hydroxyl groups is 1. The van der Waals surface area contributed by atoms with Crippen molar-refractivity contribution >= 4 is 5.97 Å². The number of carbonyl (C=O) groups excluding carboxylic acids is 1. The maximum absolute atomic E-state index is 12.7. The zero-order valence-corrected chi connectivity index (χ0v) is 25.6. The Balaban J connectivity index is 1.57. The Morgan fingerprint density at radius 3 is 2.60 bits per heavy atom. The molecule has 0 saturated carbocycles. The molecule has 4 heterocycles. The molecule has 0 amide bonds. The standard InChI is InChI=1S/C32H39N3O8/c1-7-8-24(36)40-13-23-26-19(28(37)17(3)30-32(26)43-15-42-30)11-21-27-25-18(10-20(34(27)4)22(12-33)35(21)23)9-16(2)29(39-6)31(25)41-14-38-5/h9,20-23,27,37H,7-8,10-11,13-15H2,1-6H3/t20-,21?,22+,23+,27-/m1/s1. The number of methoxy groups -OCH3 is 2. The first-order valence-electron chi connectivity index (χ1n) is 14.8. The van der Waals surface area contributed by atoms with Gasteiger partial charge in [0.05, 0.1) is 25.3 Å². The van der Waals surface area contributed by atoms with Gasteiger partial charge in [-0.2, -0.15) is 5.26 Å². The highest BCUT2D eigenvalue weighted by molar-refractivity contribution is 5.70. The monoisotopic (exact) mass is 593 g/mol. The van der Waals surface area contributed by atoms with Gasteiger partial charge in [0.2, 0.25) is 6.79 Å². The van der Waals surface area contributed by atoms with E-state index in [1.807, 2.05) is 27.8 Å². The summed E-state index contributed by atoms with van der Waals surface area (Å²) in [4.78, 5) is 17.1. The number of ether oxygens (including phenoxy) is 6. The molecule has 2 bridgehead atoms. The van der Waals surface area contributed by atoms with Crippen LogP contribution in [0.3, 0.4) is 0 Å². The summed E-state index contributed by atoms with van der Waals surface area (Å²) in [5.41, 5.74) is 5.05. The summed E-state index contributed by atoms with van der Waals surface area (Å²) >= 11 is 0. The Hall–Kier alpha value is -3.72. The molecule has 4 aliphatic rings. The van der Waals surface area contributed by atoms with Gasteiger partial charge in [-0.1, -0.05) is 13.0 Å². The molecule has 0 aliphatic carbocycles. The van der Waals surface area contributed by atoms with Gasteiger partial charge < -0.3 is 33.5 Å². The summed E-state index contributed by atoms with van der Waals surface area (Å²) in [7, 11) is 5.25. The van der Waals surface area contributed by atoms with E-state index in [1.54, 1.807) is 14.2 Å². The molecule has 1 N–H and O–H groups in total. The van der Waals surface area contributed by atoms with Crippen molar-refractivity contribution in [3.8, 4) is 34.8 Å². The second kappa shape index (κ2) is 11.4. The fourth-order valence-electron chi connectivity index (χ4n) is 7.69. The SMILES string of the molecule is CCCC(=O)OC[C@H]1c2c(c(O)c(C)c3c2OCO3)CC2[C@@H]3c4c(cc(C)c(OC)c4OCOC)C[C@H]([C@H](C#N)N21)N3C. The lowest BCUT2D eigenvalue weighted by Crippen LogP contribution is -2.68. The van der Waals surface area contributed by atoms with Crippen molar-refractivity contribution in [3.05, 3.63) is 39.4 Å². The van der Waals surface area contributed by atoms with Gasteiger partial charge >= 0.3 is 5.97 Å². The minimum absolute atomic E-state index is 0.0130. The normalized spacial score (nSPS) is 25.3. The molecule has 11 nitrogen and oxygen atoms in total. The number of benzene rings is 2. The molecule has 1 unspecified atom stereocenters. The molecule has 0 spiro atoms. The van der Waals surface area contributed by atoms with Crippen molar-refractivity contribution in [2.45, 2.75) is 76.7 Å². The highest BCUT2D eigenvalue weighted by Crippen LogP contribution is 2.58. The van der Waals surface area contributed by atoms with E-state index in [9.17, 15) is 15.2 Å². The second-order valence-electron chi connectivity index (χ2n) is 11.7. The molecule has 4 aliphatic heterocycles. The quantitative estimate of drug-likeness (QED) is 0.355. The summed E-state index contributed by atoms with van der Waals surface area (Å²) in [5.74, 6) is 2.12. The van der Waals surface area contributed by atoms with Gasteiger partial charge in [0.1, 0.15) is 18.4 Å². The predicted molar refractivity (Wildman–Crippen MR) is 155 cm³/mol. The van der Waals surface area contributed by atoms with E-state index >= 15 is 0 Å². The van der Waals surface area contributed by atoms with E-state index in [1.165, 1.54) is 0 Å². The second-order valence-corrected chi connectivity index (χ2v) is 11.7. The van der Waals surface area contributed by atoms with Gasteiger partial charge in [0, 0.05) is 47.9 Å². The third-order valence-corrected chi connectivity index (χ3v) is 9.45. The highest BCUT2D eigenvalue weighted by Gasteiger charge is 2.57. The number of phenolic OH excluding ortho intramolecular Hbond substituents is 1. The van der Waals surface area contributed by atoms with Crippen LogP contribution in [0.5, 0.6) is 28.7 Å². The zero-order chi connectivity index (χ0) is 30.6. The van der Waals surface area contributed by atoms with Crippen LogP contribution >= 0.6 is 0 Å². The van der Waals surface area contributed by atoms with E-state index in [0.29, 0.717) is 59.8 Å². The number of hydrogen-bond donors (Lipinski definition) is 1. The average Bonchev–Trinajstić information content (AvgIpc) is 3.48. The van der Waals surface area contributed by atoms with Crippen LogP contribution in [0.25, 0.3) is 0 Å². The molecular formula is C32H39N3O8. The van der Waals surface area contributed by atoms with Gasteiger partial charge in [0.25, 0.3) is 0 Å². The van der Waals surface area contributed by atoms with Crippen LogP contribution in [-0.2, 0) is 27.1 Å². The highest BCUT2D eigenvalue weighted by atomic mass is 16.7. The molecule has 230 valence electrons. The molecule has 6 rings (SSSR count). The number of nitrogens with zero attached hydrogens (tertiary/aromatic N) is 3. The van der Waals surface area contributed by atoms with E-state index in [4.69, 9.17) is 28.4 Å². The molecule has 0 radical (unpaired) electrons. The van der Waals surface area contributed by atoms with Gasteiger partial charge in [-0.25, -0.2) is 0 Å². The number of rotatable bonds is 8. The lowest BCUT2D eigenvalue weighted by Gasteiger charge is -2.59. The van der Waals surface area contributed by atoms with Crippen molar-refractivity contribution in [1.29, 1.82) is 5.26 Å². The van der Waals surface area contributed by atoms with Crippen LogP contribution in [-0.4, -0.2) is 80.5 Å². The number of carbonyl (C=O) groups is 1. The predicted octanol–water partition coefficient (Wildman–Crippen LogP) is 3.84. The van der Waals surface area contributed by atoms with Crippen LogP contribution in [0.4, 0.5) is 0 Å². The topological polar surface area (TPSA) is 123 Å². The Kier molecular flexibility index (Phi) is 7.79. The lowest BCUT2D eigenvalue weighted by molar-refractivity contribution is -0.149. The first-order chi connectivity index (χ1) is 20.8. The Morgan fingerprint density at radius 2 is 1.91 bits per heavy atom. The molecule has 2 aromatic rings. The number of nitriles is 1. The van der Waals surface area contributed by atoms with Gasteiger partial charge in [-0.3, -0.25) is 14.6 Å². The van der Waals surface area contributed by atoms with E-state index in [-0.39, 0.29) is 50.0 Å². The summed E-state index contributed by atoms with van der Waals surface area (Å²) in [6.45, 7) is 5.81. The Bertz CT molecular complexity index is 1490. The van der Waals surface area contributed by atoms with E-state index in [2.05, 4.69) is 21.9 Å². The largest absolute Gasteiger partial charge is 0.507 e. The minimum Gasteiger partial charge on any atom is -0.507 e. The van der Waals surface area contributed by atoms with Crippen LogP contribution < -0.4 is 18.9 Å². The molecule has 1 fully saturated rings. The van der Waals surface area contributed by atoms with Crippen molar-refractivity contribution in [2.75, 3.05) is 41.5 Å². The third kappa shape index (κ3) is 4.46. The Morgan fingerprint density at radius 1 is 1.14 bits per heavy atom. The number of likely N-dealkylation sites (N-methyl/N-ethyl adjacent to an activating group) is 1.